The van der Waals surface area contributed by atoms with Crippen LogP contribution in [0.4, 0.5) is 0 Å². The zero-order chi connectivity index (χ0) is 37.8. The molecule has 12 nitrogen and oxygen atoms in total. The van der Waals surface area contributed by atoms with Gasteiger partial charge in [-0.3, -0.25) is 28.7 Å². The van der Waals surface area contributed by atoms with Crippen molar-refractivity contribution in [3.05, 3.63) is 95.1 Å². The van der Waals surface area contributed by atoms with E-state index in [4.69, 9.17) is 9.26 Å². The van der Waals surface area contributed by atoms with Crippen molar-refractivity contribution in [2.24, 2.45) is 0 Å². The van der Waals surface area contributed by atoms with Crippen LogP contribution in [0.1, 0.15) is 79.1 Å². The maximum atomic E-state index is 14.3. The first-order valence-electron chi connectivity index (χ1n) is 18.7. The van der Waals surface area contributed by atoms with Crippen molar-refractivity contribution in [1.29, 1.82) is 0 Å². The predicted molar refractivity (Wildman–Crippen MR) is 206 cm³/mol. The molecule has 3 aliphatic heterocycles. The summed E-state index contributed by atoms with van der Waals surface area (Å²) in [6.07, 6.45) is 7.72. The summed E-state index contributed by atoms with van der Waals surface area (Å²) in [5.74, 6) is -0.423. The SMILES string of the molecule is CCCOC(=O)[C@H](C)NP(=O)(Cc1ccc2sc(C(=O)N[C@H]3CCC[C@H]4CC[C@@H](C(=O)N5CC(c6cccnc6)C5)N4C3=O)cc2c1)Oc1ccccc1. The van der Waals surface area contributed by atoms with Gasteiger partial charge in [-0.1, -0.05) is 37.3 Å². The molecule has 3 aliphatic rings. The predicted octanol–water partition coefficient (Wildman–Crippen LogP) is 6.27. The van der Waals surface area contributed by atoms with Crippen molar-refractivity contribution in [2.45, 2.75) is 88.6 Å². The van der Waals surface area contributed by atoms with Crippen LogP contribution in [0.2, 0.25) is 0 Å². The lowest BCUT2D eigenvalue weighted by molar-refractivity contribution is -0.148. The van der Waals surface area contributed by atoms with Crippen molar-refractivity contribution in [3.8, 4) is 5.75 Å². The molecule has 3 amide bonds. The van der Waals surface area contributed by atoms with E-state index in [1.165, 1.54) is 11.3 Å². The Bertz CT molecular complexity index is 2040. The molecule has 3 saturated heterocycles. The van der Waals surface area contributed by atoms with E-state index in [2.05, 4.69) is 15.4 Å². The number of hydrogen-bond donors (Lipinski definition) is 2. The van der Waals surface area contributed by atoms with Crippen LogP contribution < -0.4 is 14.9 Å². The van der Waals surface area contributed by atoms with Crippen LogP contribution in [0.25, 0.3) is 10.1 Å². The number of nitrogens with zero attached hydrogens (tertiary/aromatic N) is 3. The lowest BCUT2D eigenvalue weighted by Gasteiger charge is -2.42. The zero-order valence-electron chi connectivity index (χ0n) is 30.5. The zero-order valence-corrected chi connectivity index (χ0v) is 32.2. The third kappa shape index (κ3) is 8.38. The van der Waals surface area contributed by atoms with Gasteiger partial charge in [-0.25, -0.2) is 5.09 Å². The molecule has 2 aromatic heterocycles. The number of pyridine rings is 1. The maximum Gasteiger partial charge on any atom is 0.323 e. The fraction of sp³-hybridized carbons (Fsp3) is 0.425. The van der Waals surface area contributed by atoms with Gasteiger partial charge in [0.25, 0.3) is 5.91 Å². The van der Waals surface area contributed by atoms with Gasteiger partial charge in [-0.05, 0) is 98.4 Å². The largest absolute Gasteiger partial charge is 0.465 e. The molecule has 0 aliphatic carbocycles. The van der Waals surface area contributed by atoms with Crippen LogP contribution in [-0.4, -0.2) is 82.3 Å². The highest BCUT2D eigenvalue weighted by Crippen LogP contribution is 2.47. The minimum atomic E-state index is -3.67. The van der Waals surface area contributed by atoms with Gasteiger partial charge in [0.2, 0.25) is 11.8 Å². The number of ether oxygens (including phenoxy) is 1. The van der Waals surface area contributed by atoms with Gasteiger partial charge in [-0.2, -0.15) is 0 Å². The molecular formula is C40H46N5O7PS. The van der Waals surface area contributed by atoms with Crippen molar-refractivity contribution in [3.63, 3.8) is 0 Å². The number of amides is 3. The van der Waals surface area contributed by atoms with E-state index in [1.807, 2.05) is 54.4 Å². The quantitative estimate of drug-likeness (QED) is 0.119. The fourth-order valence-corrected chi connectivity index (χ4v) is 10.6. The van der Waals surface area contributed by atoms with E-state index >= 15 is 0 Å². The van der Waals surface area contributed by atoms with E-state index in [0.717, 1.165) is 34.9 Å². The van der Waals surface area contributed by atoms with Gasteiger partial charge in [0.1, 0.15) is 23.9 Å². The highest BCUT2D eigenvalue weighted by Gasteiger charge is 2.47. The fourth-order valence-electron chi connectivity index (χ4n) is 7.64. The van der Waals surface area contributed by atoms with Crippen LogP contribution in [-0.2, 0) is 29.8 Å². The lowest BCUT2D eigenvalue weighted by Crippen LogP contribution is -2.58. The van der Waals surface area contributed by atoms with Crippen LogP contribution in [0.3, 0.4) is 0 Å². The second-order valence-electron chi connectivity index (χ2n) is 14.4. The number of likely N-dealkylation sites (tertiary alicyclic amines) is 1. The molecule has 5 heterocycles. The molecule has 2 N–H and O–H groups in total. The number of rotatable bonds is 13. The highest BCUT2D eigenvalue weighted by atomic mass is 32.1. The number of thiophene rings is 1. The third-order valence-electron chi connectivity index (χ3n) is 10.4. The monoisotopic (exact) mass is 771 g/mol. The minimum absolute atomic E-state index is 0.00666. The summed E-state index contributed by atoms with van der Waals surface area (Å²) in [6.45, 7) is 4.99. The summed E-state index contributed by atoms with van der Waals surface area (Å²) in [6, 6.07) is 17.9. The minimum Gasteiger partial charge on any atom is -0.465 e. The molecule has 284 valence electrons. The Hall–Kier alpha value is -4.58. The summed E-state index contributed by atoms with van der Waals surface area (Å²) in [7, 11) is -3.67. The molecule has 1 unspecified atom stereocenters. The van der Waals surface area contributed by atoms with Gasteiger partial charge in [-0.15, -0.1) is 11.3 Å². The van der Waals surface area contributed by atoms with Crippen LogP contribution in [0.15, 0.2) is 79.1 Å². The number of carbonyl (C=O) groups is 4. The average molecular weight is 772 g/mol. The average Bonchev–Trinajstić information content (AvgIpc) is 3.74. The molecule has 14 heteroatoms. The smallest absolute Gasteiger partial charge is 0.323 e. The van der Waals surface area contributed by atoms with Crippen molar-refractivity contribution in [1.82, 2.24) is 25.2 Å². The van der Waals surface area contributed by atoms with Crippen molar-refractivity contribution < 1.29 is 33.0 Å². The number of aromatic nitrogens is 1. The van der Waals surface area contributed by atoms with Crippen LogP contribution in [0.5, 0.6) is 5.75 Å². The first-order chi connectivity index (χ1) is 26.1. The molecule has 7 rings (SSSR count). The van der Waals surface area contributed by atoms with E-state index in [-0.39, 0.29) is 42.5 Å². The second kappa shape index (κ2) is 16.4. The molecule has 5 atom stereocenters. The molecule has 4 aromatic rings. The van der Waals surface area contributed by atoms with Gasteiger partial charge in [0.05, 0.1) is 17.6 Å². The number of esters is 1. The highest BCUT2D eigenvalue weighted by molar-refractivity contribution is 7.56. The summed E-state index contributed by atoms with van der Waals surface area (Å²) >= 11 is 1.31. The van der Waals surface area contributed by atoms with Crippen LogP contribution in [0, 0.1) is 0 Å². The number of benzene rings is 2. The Balaban J connectivity index is 1.02. The van der Waals surface area contributed by atoms with Gasteiger partial charge >= 0.3 is 13.5 Å². The Morgan fingerprint density at radius 2 is 1.83 bits per heavy atom. The molecule has 0 bridgehead atoms. The first-order valence-corrected chi connectivity index (χ1v) is 21.4. The summed E-state index contributed by atoms with van der Waals surface area (Å²) in [5, 5.41) is 6.69. The van der Waals surface area contributed by atoms with E-state index < -0.39 is 31.6 Å². The number of hydrogen-bond acceptors (Lipinski definition) is 9. The standard InChI is InChI=1S/C40H46N5O7PS/c1-3-19-51-40(49)26(2)43-53(50,52-32-11-5-4-6-12-32)25-27-14-17-35-29(20-27)21-36(54-35)37(46)42-33-13-7-10-31-15-16-34(45(31)38(33)47)39(48)44-23-30(24-44)28-9-8-18-41-22-28/h4-6,8-9,11-12,14,17-18,20-22,26,30-31,33-34H,3,7,10,13,15-16,19,23-25H2,1-2H3,(H,42,46)(H,43,50)/t26-,31-,33-,34-,53?/m0/s1. The molecule has 3 fully saturated rings. The first kappa shape index (κ1) is 37.7. The van der Waals surface area contributed by atoms with Crippen LogP contribution >= 0.6 is 18.9 Å². The molecule has 0 spiro atoms. The normalized spacial score (nSPS) is 21.7. The lowest BCUT2D eigenvalue weighted by atomic mass is 9.92. The Labute approximate surface area is 319 Å². The van der Waals surface area contributed by atoms with Crippen molar-refractivity contribution in [2.75, 3.05) is 19.7 Å². The maximum absolute atomic E-state index is 14.3. The number of carbonyl (C=O) groups excluding carboxylic acids is 4. The Morgan fingerprint density at radius 3 is 2.59 bits per heavy atom. The van der Waals surface area contributed by atoms with Gasteiger partial charge in [0.15, 0.2) is 0 Å². The Kier molecular flexibility index (Phi) is 11.5. The molecule has 54 heavy (non-hydrogen) atoms. The van der Waals surface area contributed by atoms with E-state index in [0.29, 0.717) is 48.5 Å². The number of nitrogens with one attached hydrogen (secondary N) is 2. The van der Waals surface area contributed by atoms with Crippen molar-refractivity contribution >= 4 is 52.6 Å². The molecule has 0 radical (unpaired) electrons. The van der Waals surface area contributed by atoms with E-state index in [1.54, 1.807) is 48.4 Å². The summed E-state index contributed by atoms with van der Waals surface area (Å²) in [4.78, 5) is 62.2. The summed E-state index contributed by atoms with van der Waals surface area (Å²) < 4.78 is 26.4. The molecule has 0 saturated carbocycles. The van der Waals surface area contributed by atoms with Gasteiger partial charge in [0, 0.05) is 42.1 Å². The van der Waals surface area contributed by atoms with Gasteiger partial charge < -0.3 is 24.4 Å². The third-order valence-corrected chi connectivity index (χ3v) is 13.6. The number of fused-ring (bicyclic) bond motifs is 2. The Morgan fingerprint density at radius 1 is 1.02 bits per heavy atom. The second-order valence-corrected chi connectivity index (χ2v) is 17.6. The molecule has 2 aromatic carbocycles. The van der Waals surface area contributed by atoms with E-state index in [9.17, 15) is 23.7 Å². The number of para-hydroxylation sites is 1. The molecular weight excluding hydrogens is 726 g/mol. The summed E-state index contributed by atoms with van der Waals surface area (Å²) in [5.41, 5.74) is 1.80. The topological polar surface area (TPSA) is 147 Å².